The first-order valence-corrected chi connectivity index (χ1v) is 20.4. The highest BCUT2D eigenvalue weighted by atomic mass is 35.5. The van der Waals surface area contributed by atoms with Crippen molar-refractivity contribution >= 4 is 64.0 Å². The van der Waals surface area contributed by atoms with E-state index in [1.807, 2.05) is 0 Å². The van der Waals surface area contributed by atoms with Crippen LogP contribution in [0.3, 0.4) is 0 Å². The Morgan fingerprint density at radius 2 is 1.85 bits per heavy atom. The Bertz CT molecular complexity index is 2260. The summed E-state index contributed by atoms with van der Waals surface area (Å²) in [5.74, 6) is 2.70. The van der Waals surface area contributed by atoms with Gasteiger partial charge in [0.25, 0.3) is 0 Å². The van der Waals surface area contributed by atoms with Crippen molar-refractivity contribution in [2.24, 2.45) is 0 Å². The molecule has 1 aliphatic heterocycles. The molecule has 1 saturated carbocycles. The molecule has 1 fully saturated rings. The van der Waals surface area contributed by atoms with Crippen LogP contribution < -0.4 is 15.7 Å². The van der Waals surface area contributed by atoms with Gasteiger partial charge in [-0.15, -0.1) is 11.5 Å². The van der Waals surface area contributed by atoms with Gasteiger partial charge in [0.1, 0.15) is 18.2 Å². The van der Waals surface area contributed by atoms with Crippen LogP contribution in [-0.2, 0) is 32.2 Å². The highest BCUT2D eigenvalue weighted by Gasteiger charge is 2.34. The molecule has 53 heavy (non-hydrogen) atoms. The van der Waals surface area contributed by atoms with E-state index in [0.29, 0.717) is 39.4 Å². The molecule has 2 aromatic heterocycles. The summed E-state index contributed by atoms with van der Waals surface area (Å²) in [6.45, 7) is 0.320. The maximum absolute atomic E-state index is 12.6. The fourth-order valence-electron chi connectivity index (χ4n) is 4.97. The van der Waals surface area contributed by atoms with Gasteiger partial charge in [-0.05, 0) is 49.9 Å². The van der Waals surface area contributed by atoms with E-state index in [4.69, 9.17) is 65.4 Å². The summed E-state index contributed by atoms with van der Waals surface area (Å²) in [6.07, 6.45) is 11.7. The average molecular weight is 833 g/mol. The van der Waals surface area contributed by atoms with E-state index < -0.39 is 42.0 Å². The highest BCUT2D eigenvalue weighted by molar-refractivity contribution is 7.90. The molecule has 1 aliphatic carbocycles. The number of halogens is 3. The number of aryl methyl sites for hydroxylation is 1. The van der Waals surface area contributed by atoms with Crippen molar-refractivity contribution in [2.75, 3.05) is 25.7 Å². The van der Waals surface area contributed by atoms with Gasteiger partial charge in [0, 0.05) is 41.8 Å². The summed E-state index contributed by atoms with van der Waals surface area (Å²) in [5, 5.41) is 19.0. The third-order valence-electron chi connectivity index (χ3n) is 7.48. The first-order chi connectivity index (χ1) is 24.9. The summed E-state index contributed by atoms with van der Waals surface area (Å²) < 4.78 is 47.2. The van der Waals surface area contributed by atoms with Crippen LogP contribution in [0.2, 0.25) is 15.1 Å². The standard InChI is InChI=1S/C15H13Cl2N3O2.C14H12ClNO4S.C3H8NO5P/c1-2-7-22-13-9-12(10(16)8-11(13)17)20-15(21)19-6-4-3-5-14(19)18-20;1-21(18,19)12-6-9(15)4-5-10(12)13(17)11-7-16-20-14(11)8-2-3-8;5-3(6)1-4-2-10(7,8)9/h1,8-9H,3-7H2;4-8H,2-3H2,1H3;4H,1-2H2,(H,5,6)(H2,7,8,9). The number of ether oxygens (including phenoxy) is 1. The second kappa shape index (κ2) is 17.9. The Kier molecular flexibility index (Phi) is 14.1. The van der Waals surface area contributed by atoms with Crippen LogP contribution in [0.1, 0.15) is 59.1 Å². The Labute approximate surface area is 318 Å². The van der Waals surface area contributed by atoms with Gasteiger partial charge in [0.2, 0.25) is 0 Å². The number of aromatic nitrogens is 4. The lowest BCUT2D eigenvalue weighted by Crippen LogP contribution is -2.26. The number of nitrogens with zero attached hydrogens (tertiary/aromatic N) is 4. The van der Waals surface area contributed by atoms with E-state index >= 15 is 0 Å². The molecular formula is C32H33Cl3N5O11PS. The maximum Gasteiger partial charge on any atom is 0.350 e. The van der Waals surface area contributed by atoms with Crippen LogP contribution in [0.25, 0.3) is 5.69 Å². The van der Waals surface area contributed by atoms with Gasteiger partial charge in [-0.1, -0.05) is 45.9 Å². The zero-order valence-corrected chi connectivity index (χ0v) is 31.8. The predicted octanol–water partition coefficient (Wildman–Crippen LogP) is 4.32. The molecule has 0 atom stereocenters. The number of terminal acetylenes is 1. The lowest BCUT2D eigenvalue weighted by atomic mass is 10.0. The van der Waals surface area contributed by atoms with Crippen molar-refractivity contribution < 1.29 is 46.7 Å². The van der Waals surface area contributed by atoms with Gasteiger partial charge >= 0.3 is 19.3 Å². The first kappa shape index (κ1) is 41.8. The largest absolute Gasteiger partial charge is 0.480 e. The molecule has 284 valence electrons. The summed E-state index contributed by atoms with van der Waals surface area (Å²) in [5.41, 5.74) is 0.642. The number of benzene rings is 2. The third kappa shape index (κ3) is 11.5. The number of ketones is 1. The summed E-state index contributed by atoms with van der Waals surface area (Å²) in [7, 11) is -7.66. The van der Waals surface area contributed by atoms with E-state index in [1.165, 1.54) is 35.1 Å². The fourth-order valence-corrected chi connectivity index (χ4v) is 7.03. The number of carbonyl (C=O) groups excluding carboxylic acids is 1. The van der Waals surface area contributed by atoms with Crippen molar-refractivity contribution in [2.45, 2.75) is 49.5 Å². The Morgan fingerprint density at radius 3 is 2.45 bits per heavy atom. The molecule has 4 aromatic rings. The summed E-state index contributed by atoms with van der Waals surface area (Å²) in [4.78, 5) is 51.2. The molecule has 4 N–H and O–H groups in total. The molecule has 3 heterocycles. The molecule has 0 unspecified atom stereocenters. The van der Waals surface area contributed by atoms with Crippen LogP contribution in [0.4, 0.5) is 0 Å². The summed E-state index contributed by atoms with van der Waals surface area (Å²) >= 11 is 18.1. The van der Waals surface area contributed by atoms with Crippen molar-refractivity contribution in [1.29, 1.82) is 0 Å². The van der Waals surface area contributed by atoms with Gasteiger partial charge in [-0.25, -0.2) is 13.2 Å². The van der Waals surface area contributed by atoms with Crippen molar-refractivity contribution in [3.63, 3.8) is 0 Å². The number of hydrogen-bond donors (Lipinski definition) is 4. The van der Waals surface area contributed by atoms with E-state index in [0.717, 1.165) is 44.2 Å². The molecule has 2 aromatic carbocycles. The molecule has 16 nitrogen and oxygen atoms in total. The molecule has 0 saturated heterocycles. The third-order valence-corrected chi connectivity index (χ3v) is 10.1. The van der Waals surface area contributed by atoms with Gasteiger partial charge < -0.3 is 24.2 Å². The second-order valence-electron chi connectivity index (χ2n) is 11.7. The average Bonchev–Trinajstić information content (AvgIpc) is 3.71. The normalized spacial score (nSPS) is 13.8. The van der Waals surface area contributed by atoms with E-state index in [9.17, 15) is 27.4 Å². The molecule has 0 spiro atoms. The number of rotatable bonds is 11. The minimum absolute atomic E-state index is 0.0788. The van der Waals surface area contributed by atoms with Crippen LogP contribution in [-0.4, -0.2) is 80.3 Å². The smallest absolute Gasteiger partial charge is 0.350 e. The van der Waals surface area contributed by atoms with Gasteiger partial charge in [-0.3, -0.25) is 24.0 Å². The number of carbonyl (C=O) groups is 2. The maximum atomic E-state index is 12.6. The minimum Gasteiger partial charge on any atom is -0.480 e. The lowest BCUT2D eigenvalue weighted by Gasteiger charge is -2.09. The number of aliphatic carboxylic acids is 1. The second-order valence-corrected chi connectivity index (χ2v) is 16.6. The van der Waals surface area contributed by atoms with Crippen molar-refractivity contribution in [3.05, 3.63) is 84.8 Å². The Hall–Kier alpha value is -3.98. The topological polar surface area (TPSA) is 233 Å². The highest BCUT2D eigenvalue weighted by Crippen LogP contribution is 2.42. The fraction of sp³-hybridized carbons (Fsp3) is 0.344. The van der Waals surface area contributed by atoms with Gasteiger partial charge in [-0.2, -0.15) is 4.68 Å². The molecule has 0 bridgehead atoms. The minimum atomic E-state index is -4.10. The zero-order chi connectivity index (χ0) is 39.1. The van der Waals surface area contributed by atoms with E-state index in [2.05, 4.69) is 21.5 Å². The number of sulfone groups is 1. The number of nitrogens with one attached hydrogen (secondary N) is 1. The molecular weight excluding hydrogens is 800 g/mol. The number of hydrogen-bond acceptors (Lipinski definition) is 11. The van der Waals surface area contributed by atoms with Gasteiger partial charge in [0.15, 0.2) is 21.4 Å². The molecule has 0 amide bonds. The Balaban J connectivity index is 0.000000191. The molecule has 21 heteroatoms. The first-order valence-electron chi connectivity index (χ1n) is 15.6. The molecule has 2 aliphatic rings. The van der Waals surface area contributed by atoms with Crippen molar-refractivity contribution in [3.8, 4) is 23.8 Å². The van der Waals surface area contributed by atoms with E-state index in [-0.39, 0.29) is 33.7 Å². The summed E-state index contributed by atoms with van der Waals surface area (Å²) in [6, 6.07) is 7.31. The number of carboxylic acids is 1. The molecule has 6 rings (SSSR count). The number of carboxylic acid groups (broad SMARTS) is 1. The predicted molar refractivity (Wildman–Crippen MR) is 194 cm³/mol. The van der Waals surface area contributed by atoms with Crippen molar-refractivity contribution in [1.82, 2.24) is 24.8 Å². The Morgan fingerprint density at radius 1 is 1.13 bits per heavy atom. The number of fused-ring (bicyclic) bond motifs is 1. The monoisotopic (exact) mass is 831 g/mol. The lowest BCUT2D eigenvalue weighted by molar-refractivity contribution is -0.135. The van der Waals surface area contributed by atoms with Crippen LogP contribution in [0.15, 0.2) is 50.7 Å². The SMILES string of the molecule is C#CCOc1cc(-n2nc3n(c2=O)CCCC3)c(Cl)cc1Cl.CS(=O)(=O)c1cc(Cl)ccc1C(=O)c1cnoc1C1CC1.O=C(O)CNCP(=O)(O)O. The van der Waals surface area contributed by atoms with Crippen LogP contribution >= 0.6 is 42.4 Å². The quantitative estimate of drug-likeness (QED) is 0.0937. The molecule has 0 radical (unpaired) electrons. The van der Waals surface area contributed by atoms with Crippen LogP contribution in [0.5, 0.6) is 5.75 Å². The van der Waals surface area contributed by atoms with Crippen LogP contribution in [0, 0.1) is 12.3 Å². The van der Waals surface area contributed by atoms with E-state index in [1.54, 1.807) is 10.6 Å². The zero-order valence-electron chi connectivity index (χ0n) is 27.9. The van der Waals surface area contributed by atoms with Gasteiger partial charge in [0.05, 0.1) is 45.2 Å².